The van der Waals surface area contributed by atoms with Crippen molar-refractivity contribution < 1.29 is 29.0 Å². The standard InChI is InChI=1S/C46H79NO6/c1-5-7-9-12-19-37(20-13-10-8-6-2)52-44(51)22-18-33-47(32-16-17-34-48)31-15-11-14-21-43(50)53-38-27-29-45(3)36(35-38)23-24-39-40-25-26-42(49)46(40,4)30-28-41(39)45/h23,37-41,48H,5-22,24-35H2,1-4H3. The first-order chi connectivity index (χ1) is 25.6. The molecule has 3 fully saturated rings. The van der Waals surface area contributed by atoms with Gasteiger partial charge in [-0.1, -0.05) is 84.3 Å². The van der Waals surface area contributed by atoms with Crippen molar-refractivity contribution in [2.45, 2.75) is 207 Å². The van der Waals surface area contributed by atoms with E-state index in [0.717, 1.165) is 135 Å². The molecule has 4 aliphatic carbocycles. The number of ketones is 1. The first-order valence-corrected chi connectivity index (χ1v) is 22.6. The number of ether oxygens (including phenoxy) is 2. The number of rotatable bonds is 26. The summed E-state index contributed by atoms with van der Waals surface area (Å²) in [5.41, 5.74) is 1.61. The molecule has 0 aromatic carbocycles. The second-order valence-electron chi connectivity index (χ2n) is 18.0. The Bertz CT molecular complexity index is 1140. The summed E-state index contributed by atoms with van der Waals surface area (Å²) in [5, 5.41) is 9.34. The van der Waals surface area contributed by atoms with Crippen molar-refractivity contribution in [1.82, 2.24) is 4.90 Å². The van der Waals surface area contributed by atoms with Crippen LogP contribution in [-0.2, 0) is 23.9 Å². The smallest absolute Gasteiger partial charge is 0.306 e. The van der Waals surface area contributed by atoms with E-state index in [1.807, 2.05) is 0 Å². The summed E-state index contributed by atoms with van der Waals surface area (Å²) in [6, 6.07) is 0. The number of allylic oxidation sites excluding steroid dienone is 1. The van der Waals surface area contributed by atoms with Gasteiger partial charge >= 0.3 is 11.9 Å². The van der Waals surface area contributed by atoms with Crippen molar-refractivity contribution in [2.75, 3.05) is 26.2 Å². The van der Waals surface area contributed by atoms with Crippen LogP contribution in [0.3, 0.4) is 0 Å². The van der Waals surface area contributed by atoms with Gasteiger partial charge in [-0.2, -0.15) is 0 Å². The van der Waals surface area contributed by atoms with Gasteiger partial charge in [-0.05, 0) is 139 Å². The third kappa shape index (κ3) is 12.9. The molecule has 0 heterocycles. The molecular formula is C46H79NO6. The SMILES string of the molecule is CCCCCCC(CCCCCC)OC(=O)CCCN(CCCCO)CCCCCC(=O)OC1CCC2(C)C(=CCC3C4CCC(=O)C4(C)CCC32)C1. The van der Waals surface area contributed by atoms with Gasteiger partial charge in [-0.3, -0.25) is 14.4 Å². The topological polar surface area (TPSA) is 93.1 Å². The number of hydrogen-bond donors (Lipinski definition) is 1. The molecule has 0 spiro atoms. The lowest BCUT2D eigenvalue weighted by Gasteiger charge is -2.56. The fourth-order valence-corrected chi connectivity index (χ4v) is 10.9. The Morgan fingerprint density at radius 3 is 2.09 bits per heavy atom. The molecule has 6 atom stereocenters. The van der Waals surface area contributed by atoms with E-state index < -0.39 is 0 Å². The van der Waals surface area contributed by atoms with E-state index in [1.165, 1.54) is 44.1 Å². The highest BCUT2D eigenvalue weighted by Gasteiger charge is 2.58. The molecule has 1 N–H and O–H groups in total. The largest absolute Gasteiger partial charge is 0.462 e. The van der Waals surface area contributed by atoms with Crippen molar-refractivity contribution >= 4 is 17.7 Å². The van der Waals surface area contributed by atoms with E-state index in [1.54, 1.807) is 0 Å². The molecule has 53 heavy (non-hydrogen) atoms. The Morgan fingerprint density at radius 2 is 1.40 bits per heavy atom. The molecule has 3 saturated carbocycles. The summed E-state index contributed by atoms with van der Waals surface area (Å²) >= 11 is 0. The van der Waals surface area contributed by atoms with E-state index in [4.69, 9.17) is 9.47 Å². The summed E-state index contributed by atoms with van der Waals surface area (Å²) in [6.45, 7) is 12.1. The molecule has 6 unspecified atom stereocenters. The van der Waals surface area contributed by atoms with Gasteiger partial charge in [-0.25, -0.2) is 0 Å². The van der Waals surface area contributed by atoms with E-state index in [0.29, 0.717) is 36.4 Å². The lowest BCUT2D eigenvalue weighted by Crippen LogP contribution is -2.50. The highest BCUT2D eigenvalue weighted by Crippen LogP contribution is 2.64. The fraction of sp³-hybridized carbons (Fsp3) is 0.891. The van der Waals surface area contributed by atoms with Crippen LogP contribution in [0, 0.1) is 28.6 Å². The molecule has 0 aliphatic heterocycles. The molecule has 4 aliphatic rings. The average Bonchev–Trinajstić information content (AvgIpc) is 3.45. The first kappa shape index (κ1) is 44.0. The maximum atomic E-state index is 12.9. The number of carbonyl (C=O) groups excluding carboxylic acids is 3. The third-order valence-electron chi connectivity index (χ3n) is 14.2. The monoisotopic (exact) mass is 742 g/mol. The second kappa shape index (κ2) is 22.7. The Kier molecular flexibility index (Phi) is 18.9. The van der Waals surface area contributed by atoms with Gasteiger partial charge in [0.1, 0.15) is 18.0 Å². The van der Waals surface area contributed by atoms with Gasteiger partial charge in [-0.15, -0.1) is 0 Å². The van der Waals surface area contributed by atoms with Crippen LogP contribution in [0.1, 0.15) is 195 Å². The number of esters is 2. The number of hydrogen-bond acceptors (Lipinski definition) is 7. The summed E-state index contributed by atoms with van der Waals surface area (Å²) in [6.07, 6.45) is 28.5. The second-order valence-corrected chi connectivity index (χ2v) is 18.0. The number of carbonyl (C=O) groups is 3. The number of nitrogens with zero attached hydrogens (tertiary/aromatic N) is 1. The van der Waals surface area contributed by atoms with Crippen LogP contribution in [0.2, 0.25) is 0 Å². The van der Waals surface area contributed by atoms with Crippen molar-refractivity contribution in [3.63, 3.8) is 0 Å². The van der Waals surface area contributed by atoms with E-state index in [2.05, 4.69) is 38.7 Å². The Labute approximate surface area is 324 Å². The molecule has 0 radical (unpaired) electrons. The molecule has 7 nitrogen and oxygen atoms in total. The normalized spacial score (nSPS) is 28.1. The molecule has 0 saturated heterocycles. The summed E-state index contributed by atoms with van der Waals surface area (Å²) in [4.78, 5) is 41.0. The highest BCUT2D eigenvalue weighted by molar-refractivity contribution is 5.87. The van der Waals surface area contributed by atoms with Crippen LogP contribution < -0.4 is 0 Å². The minimum Gasteiger partial charge on any atom is -0.462 e. The predicted octanol–water partition coefficient (Wildman–Crippen LogP) is 10.7. The number of Topliss-reactive ketones (excluding diaryl/α,β-unsaturated/α-hetero) is 1. The number of aliphatic hydroxyl groups excluding tert-OH is 1. The maximum absolute atomic E-state index is 12.9. The van der Waals surface area contributed by atoms with Crippen LogP contribution >= 0.6 is 0 Å². The predicted molar refractivity (Wildman–Crippen MR) is 214 cm³/mol. The first-order valence-electron chi connectivity index (χ1n) is 22.6. The van der Waals surface area contributed by atoms with Crippen molar-refractivity contribution in [3.8, 4) is 0 Å². The summed E-state index contributed by atoms with van der Waals surface area (Å²) in [7, 11) is 0. The average molecular weight is 742 g/mol. The minimum absolute atomic E-state index is 0.00797. The van der Waals surface area contributed by atoms with Gasteiger partial charge in [0.2, 0.25) is 0 Å². The lowest BCUT2D eigenvalue weighted by molar-refractivity contribution is -0.152. The quantitative estimate of drug-likeness (QED) is 0.0536. The van der Waals surface area contributed by atoms with E-state index in [-0.39, 0.29) is 41.6 Å². The zero-order chi connectivity index (χ0) is 38.1. The molecule has 0 bridgehead atoms. The summed E-state index contributed by atoms with van der Waals surface area (Å²) < 4.78 is 12.1. The van der Waals surface area contributed by atoms with Crippen molar-refractivity contribution in [2.24, 2.45) is 28.6 Å². The maximum Gasteiger partial charge on any atom is 0.306 e. The Morgan fingerprint density at radius 1 is 0.774 bits per heavy atom. The fourth-order valence-electron chi connectivity index (χ4n) is 10.9. The van der Waals surface area contributed by atoms with Crippen LogP contribution in [0.5, 0.6) is 0 Å². The van der Waals surface area contributed by atoms with Gasteiger partial charge < -0.3 is 19.5 Å². The number of fused-ring (bicyclic) bond motifs is 5. The lowest BCUT2D eigenvalue weighted by atomic mass is 9.48. The Hall–Kier alpha value is -1.73. The molecule has 304 valence electrons. The molecule has 7 heteroatoms. The number of unbranched alkanes of at least 4 members (excludes halogenated alkanes) is 9. The van der Waals surface area contributed by atoms with Gasteiger partial charge in [0.05, 0.1) is 0 Å². The van der Waals surface area contributed by atoms with Crippen LogP contribution in [0.25, 0.3) is 0 Å². The molecular weight excluding hydrogens is 663 g/mol. The molecule has 0 aromatic rings. The van der Waals surface area contributed by atoms with Crippen LogP contribution in [0.15, 0.2) is 11.6 Å². The zero-order valence-corrected chi connectivity index (χ0v) is 34.6. The zero-order valence-electron chi connectivity index (χ0n) is 34.6. The summed E-state index contributed by atoms with van der Waals surface area (Å²) in [5.74, 6) is 2.22. The molecule has 0 aromatic heterocycles. The van der Waals surface area contributed by atoms with Crippen LogP contribution in [0.4, 0.5) is 0 Å². The Balaban J connectivity index is 1.13. The van der Waals surface area contributed by atoms with Gasteiger partial charge in [0, 0.05) is 37.7 Å². The third-order valence-corrected chi connectivity index (χ3v) is 14.2. The minimum atomic E-state index is -0.0896. The van der Waals surface area contributed by atoms with Gasteiger partial charge in [0.15, 0.2) is 0 Å². The van der Waals surface area contributed by atoms with Crippen molar-refractivity contribution in [3.05, 3.63) is 11.6 Å². The van der Waals surface area contributed by atoms with E-state index in [9.17, 15) is 19.5 Å². The van der Waals surface area contributed by atoms with E-state index >= 15 is 0 Å². The highest BCUT2D eigenvalue weighted by atomic mass is 16.5. The van der Waals surface area contributed by atoms with Crippen molar-refractivity contribution in [1.29, 1.82) is 0 Å². The number of aliphatic hydroxyl groups is 1. The van der Waals surface area contributed by atoms with Gasteiger partial charge in [0.25, 0.3) is 0 Å². The van der Waals surface area contributed by atoms with Crippen LogP contribution in [-0.4, -0.2) is 66.2 Å². The molecule has 0 amide bonds. The molecule has 4 rings (SSSR count).